The molecule has 2 saturated heterocycles. The van der Waals surface area contributed by atoms with Crippen LogP contribution in [0.5, 0.6) is 0 Å². The van der Waals surface area contributed by atoms with Gasteiger partial charge in [0.25, 0.3) is 0 Å². The minimum atomic E-state index is 0.849. The Morgan fingerprint density at radius 3 is 2.39 bits per heavy atom. The van der Waals surface area contributed by atoms with Crippen LogP contribution in [0, 0.1) is 11.8 Å². The quantitative estimate of drug-likeness (QED) is 0.737. The molecule has 0 saturated carbocycles. The highest BCUT2D eigenvalue weighted by atomic mass is 15.3. The van der Waals surface area contributed by atoms with Crippen LogP contribution >= 0.6 is 0 Å². The predicted octanol–water partition coefficient (Wildman–Crippen LogP) is 1.60. The molecule has 2 fully saturated rings. The van der Waals surface area contributed by atoms with E-state index in [4.69, 9.17) is 0 Å². The van der Waals surface area contributed by atoms with E-state index in [2.05, 4.69) is 35.6 Å². The van der Waals surface area contributed by atoms with Crippen molar-refractivity contribution in [3.05, 3.63) is 0 Å². The zero-order chi connectivity index (χ0) is 13.0. The summed E-state index contributed by atoms with van der Waals surface area (Å²) in [7, 11) is 2.24. The molecule has 2 heterocycles. The summed E-state index contributed by atoms with van der Waals surface area (Å²) in [6, 6.07) is 0. The van der Waals surface area contributed by atoms with Crippen LogP contribution in [0.2, 0.25) is 0 Å². The monoisotopic (exact) mass is 253 g/mol. The van der Waals surface area contributed by atoms with Crippen molar-refractivity contribution in [1.82, 2.24) is 14.7 Å². The summed E-state index contributed by atoms with van der Waals surface area (Å²) in [5, 5.41) is 0. The lowest BCUT2D eigenvalue weighted by Crippen LogP contribution is -2.46. The predicted molar refractivity (Wildman–Crippen MR) is 77.9 cm³/mol. The average Bonchev–Trinajstić information content (AvgIpc) is 2.77. The highest BCUT2D eigenvalue weighted by Crippen LogP contribution is 2.19. The Balaban J connectivity index is 1.63. The van der Waals surface area contributed by atoms with Crippen LogP contribution in [0.1, 0.15) is 26.7 Å². The first-order chi connectivity index (χ1) is 8.63. The minimum Gasteiger partial charge on any atom is -0.304 e. The van der Waals surface area contributed by atoms with Gasteiger partial charge in [0.15, 0.2) is 0 Å². The summed E-state index contributed by atoms with van der Waals surface area (Å²) < 4.78 is 0. The molecule has 2 aliphatic rings. The van der Waals surface area contributed by atoms with Crippen LogP contribution in [-0.4, -0.2) is 74.1 Å². The minimum absolute atomic E-state index is 0.849. The molecule has 0 N–H and O–H groups in total. The number of nitrogens with zero attached hydrogens (tertiary/aromatic N) is 3. The summed E-state index contributed by atoms with van der Waals surface area (Å²) in [5.41, 5.74) is 0. The second-order valence-corrected chi connectivity index (χ2v) is 6.74. The number of hydrogen-bond donors (Lipinski definition) is 0. The van der Waals surface area contributed by atoms with Gasteiger partial charge in [0, 0.05) is 39.3 Å². The second-order valence-electron chi connectivity index (χ2n) is 6.74. The molecule has 18 heavy (non-hydrogen) atoms. The molecule has 1 unspecified atom stereocenters. The third-order valence-electron chi connectivity index (χ3n) is 4.50. The summed E-state index contributed by atoms with van der Waals surface area (Å²) in [6.07, 6.45) is 2.78. The Morgan fingerprint density at radius 1 is 1.00 bits per heavy atom. The van der Waals surface area contributed by atoms with Crippen LogP contribution in [0.3, 0.4) is 0 Å². The Morgan fingerprint density at radius 2 is 1.72 bits per heavy atom. The van der Waals surface area contributed by atoms with Gasteiger partial charge in [-0.05, 0) is 44.8 Å². The SMILES string of the molecule is CC(C)CCN1CCC(CN2CCN(C)CC2)C1. The molecule has 2 rings (SSSR count). The summed E-state index contributed by atoms with van der Waals surface area (Å²) in [4.78, 5) is 7.80. The van der Waals surface area contributed by atoms with E-state index in [0.29, 0.717) is 0 Å². The number of piperazine rings is 1. The molecule has 1 atom stereocenters. The number of likely N-dealkylation sites (tertiary alicyclic amines) is 1. The van der Waals surface area contributed by atoms with Gasteiger partial charge in [0.2, 0.25) is 0 Å². The Bertz CT molecular complexity index is 234. The fourth-order valence-electron chi connectivity index (χ4n) is 3.10. The maximum Gasteiger partial charge on any atom is 0.0110 e. The van der Waals surface area contributed by atoms with Crippen molar-refractivity contribution in [3.8, 4) is 0 Å². The fourth-order valence-corrected chi connectivity index (χ4v) is 3.10. The third-order valence-corrected chi connectivity index (χ3v) is 4.50. The Labute approximate surface area is 113 Å². The maximum absolute atomic E-state index is 2.68. The Kier molecular flexibility index (Phi) is 5.46. The van der Waals surface area contributed by atoms with Gasteiger partial charge < -0.3 is 14.7 Å². The molecule has 0 aliphatic carbocycles. The number of likely N-dealkylation sites (N-methyl/N-ethyl adjacent to an activating group) is 1. The standard InChI is InChI=1S/C15H31N3/c1-14(2)4-6-17-7-5-15(12-17)13-18-10-8-16(3)9-11-18/h14-15H,4-13H2,1-3H3. The number of rotatable bonds is 5. The smallest absolute Gasteiger partial charge is 0.0110 e. The van der Waals surface area contributed by atoms with Gasteiger partial charge in [-0.2, -0.15) is 0 Å². The molecule has 3 heteroatoms. The molecule has 0 spiro atoms. The molecule has 2 aliphatic heterocycles. The molecule has 0 aromatic heterocycles. The largest absolute Gasteiger partial charge is 0.304 e. The van der Waals surface area contributed by atoms with Crippen molar-refractivity contribution >= 4 is 0 Å². The summed E-state index contributed by atoms with van der Waals surface area (Å²) in [6.45, 7) is 15.1. The molecule has 106 valence electrons. The van der Waals surface area contributed by atoms with Crippen molar-refractivity contribution in [1.29, 1.82) is 0 Å². The van der Waals surface area contributed by atoms with Gasteiger partial charge in [-0.3, -0.25) is 0 Å². The lowest BCUT2D eigenvalue weighted by atomic mass is 10.1. The normalized spacial score (nSPS) is 28.3. The van der Waals surface area contributed by atoms with E-state index in [1.54, 1.807) is 0 Å². The lowest BCUT2D eigenvalue weighted by molar-refractivity contribution is 0.136. The molecule has 0 bridgehead atoms. The fraction of sp³-hybridized carbons (Fsp3) is 1.00. The first-order valence-corrected chi connectivity index (χ1v) is 7.76. The zero-order valence-electron chi connectivity index (χ0n) is 12.6. The molecule has 0 aromatic carbocycles. The zero-order valence-corrected chi connectivity index (χ0v) is 12.6. The van der Waals surface area contributed by atoms with Crippen molar-refractivity contribution in [3.63, 3.8) is 0 Å². The molecular formula is C15H31N3. The van der Waals surface area contributed by atoms with E-state index in [0.717, 1.165) is 11.8 Å². The van der Waals surface area contributed by atoms with Crippen molar-refractivity contribution in [2.75, 3.05) is 59.4 Å². The molecular weight excluding hydrogens is 222 g/mol. The van der Waals surface area contributed by atoms with Gasteiger partial charge >= 0.3 is 0 Å². The van der Waals surface area contributed by atoms with E-state index in [9.17, 15) is 0 Å². The van der Waals surface area contributed by atoms with Gasteiger partial charge in [0.05, 0.1) is 0 Å². The van der Waals surface area contributed by atoms with Gasteiger partial charge in [-0.25, -0.2) is 0 Å². The summed E-state index contributed by atoms with van der Waals surface area (Å²) in [5.74, 6) is 1.78. The van der Waals surface area contributed by atoms with E-state index in [-0.39, 0.29) is 0 Å². The lowest BCUT2D eigenvalue weighted by Gasteiger charge is -2.33. The van der Waals surface area contributed by atoms with Crippen LogP contribution < -0.4 is 0 Å². The van der Waals surface area contributed by atoms with Crippen molar-refractivity contribution in [2.45, 2.75) is 26.7 Å². The Hall–Kier alpha value is -0.120. The van der Waals surface area contributed by atoms with Crippen LogP contribution in [0.4, 0.5) is 0 Å². The number of hydrogen-bond acceptors (Lipinski definition) is 3. The van der Waals surface area contributed by atoms with Gasteiger partial charge in [0.1, 0.15) is 0 Å². The van der Waals surface area contributed by atoms with Gasteiger partial charge in [-0.15, -0.1) is 0 Å². The molecule has 0 amide bonds. The summed E-state index contributed by atoms with van der Waals surface area (Å²) >= 11 is 0. The highest BCUT2D eigenvalue weighted by molar-refractivity contribution is 4.80. The molecule has 0 aromatic rings. The van der Waals surface area contributed by atoms with Crippen LogP contribution in [0.15, 0.2) is 0 Å². The van der Waals surface area contributed by atoms with Crippen molar-refractivity contribution < 1.29 is 0 Å². The maximum atomic E-state index is 2.68. The average molecular weight is 253 g/mol. The van der Waals surface area contributed by atoms with E-state index in [1.807, 2.05) is 0 Å². The first-order valence-electron chi connectivity index (χ1n) is 7.76. The van der Waals surface area contributed by atoms with E-state index >= 15 is 0 Å². The van der Waals surface area contributed by atoms with E-state index < -0.39 is 0 Å². The topological polar surface area (TPSA) is 9.72 Å². The van der Waals surface area contributed by atoms with Crippen LogP contribution in [-0.2, 0) is 0 Å². The molecule has 0 radical (unpaired) electrons. The van der Waals surface area contributed by atoms with E-state index in [1.165, 1.54) is 65.2 Å². The second kappa shape index (κ2) is 6.88. The van der Waals surface area contributed by atoms with Gasteiger partial charge in [-0.1, -0.05) is 13.8 Å². The third kappa shape index (κ3) is 4.52. The van der Waals surface area contributed by atoms with Crippen molar-refractivity contribution in [2.24, 2.45) is 11.8 Å². The van der Waals surface area contributed by atoms with Crippen LogP contribution in [0.25, 0.3) is 0 Å². The first kappa shape index (κ1) is 14.3. The highest BCUT2D eigenvalue weighted by Gasteiger charge is 2.25. The molecule has 3 nitrogen and oxygen atoms in total.